The quantitative estimate of drug-likeness (QED) is 0.929. The molecule has 5 nitrogen and oxygen atoms in total. The van der Waals surface area contributed by atoms with Crippen molar-refractivity contribution in [3.63, 3.8) is 0 Å². The van der Waals surface area contributed by atoms with Gasteiger partial charge in [0.2, 0.25) is 5.88 Å². The zero-order valence-corrected chi connectivity index (χ0v) is 13.3. The van der Waals surface area contributed by atoms with Crippen molar-refractivity contribution in [3.05, 3.63) is 41.3 Å². The molecule has 0 radical (unpaired) electrons. The molecule has 8 heteroatoms. The molecule has 1 aliphatic heterocycles. The fourth-order valence-electron chi connectivity index (χ4n) is 2.75. The molecule has 0 atom stereocenters. The number of aromatic amines is 1. The second kappa shape index (κ2) is 6.80. The summed E-state index contributed by atoms with van der Waals surface area (Å²) in [6.45, 7) is 4.58. The second-order valence-electron chi connectivity index (χ2n) is 6.00. The number of nitrogens with zero attached hydrogens (tertiary/aromatic N) is 3. The lowest BCUT2D eigenvalue weighted by Gasteiger charge is -2.31. The fraction of sp³-hybridized carbons (Fsp3) is 0.500. The number of aromatic nitrogens is 3. The molecule has 2 aromatic rings. The topological polar surface area (TPSA) is 54.0 Å². The number of pyridine rings is 1. The van der Waals surface area contributed by atoms with Gasteiger partial charge in [0.25, 0.3) is 0 Å². The highest BCUT2D eigenvalue weighted by Gasteiger charge is 2.31. The summed E-state index contributed by atoms with van der Waals surface area (Å²) in [5, 5.41) is 6.94. The Labute approximate surface area is 137 Å². The molecular formula is C16H19F3N4O. The molecule has 0 saturated carbocycles. The van der Waals surface area contributed by atoms with Crippen LogP contribution in [-0.4, -0.2) is 39.3 Å². The number of hydrogen-bond acceptors (Lipinski definition) is 4. The number of piperidine rings is 1. The molecule has 0 aromatic carbocycles. The molecule has 0 aliphatic carbocycles. The number of alkyl halides is 3. The molecule has 24 heavy (non-hydrogen) atoms. The Morgan fingerprint density at radius 1 is 1.25 bits per heavy atom. The van der Waals surface area contributed by atoms with E-state index < -0.39 is 11.7 Å². The predicted octanol–water partition coefficient (Wildman–Crippen LogP) is 3.18. The van der Waals surface area contributed by atoms with Crippen molar-refractivity contribution in [2.75, 3.05) is 13.1 Å². The third-order valence-corrected chi connectivity index (χ3v) is 4.21. The van der Waals surface area contributed by atoms with E-state index in [2.05, 4.69) is 20.1 Å². The van der Waals surface area contributed by atoms with Crippen molar-refractivity contribution in [2.24, 2.45) is 0 Å². The van der Waals surface area contributed by atoms with Gasteiger partial charge in [-0.3, -0.25) is 10.00 Å². The lowest BCUT2D eigenvalue weighted by molar-refractivity contribution is -0.137. The summed E-state index contributed by atoms with van der Waals surface area (Å²) >= 11 is 0. The van der Waals surface area contributed by atoms with Gasteiger partial charge in [-0.2, -0.15) is 18.3 Å². The van der Waals surface area contributed by atoms with Crippen molar-refractivity contribution in [1.29, 1.82) is 0 Å². The first-order chi connectivity index (χ1) is 11.4. The maximum Gasteiger partial charge on any atom is 0.417 e. The van der Waals surface area contributed by atoms with E-state index in [9.17, 15) is 13.2 Å². The van der Waals surface area contributed by atoms with Gasteiger partial charge in [-0.15, -0.1) is 0 Å². The van der Waals surface area contributed by atoms with E-state index in [-0.39, 0.29) is 12.0 Å². The van der Waals surface area contributed by atoms with E-state index in [1.54, 1.807) is 0 Å². The Hall–Kier alpha value is -2.09. The molecule has 0 amide bonds. The van der Waals surface area contributed by atoms with Gasteiger partial charge in [-0.25, -0.2) is 4.98 Å². The van der Waals surface area contributed by atoms with Crippen molar-refractivity contribution in [3.8, 4) is 5.88 Å². The van der Waals surface area contributed by atoms with E-state index in [0.717, 1.165) is 50.4 Å². The molecule has 1 aliphatic rings. The molecule has 3 rings (SSSR count). The number of ether oxygens (including phenoxy) is 1. The van der Waals surface area contributed by atoms with Crippen LogP contribution in [0.15, 0.2) is 24.5 Å². The van der Waals surface area contributed by atoms with Gasteiger partial charge in [-0.1, -0.05) is 0 Å². The number of likely N-dealkylation sites (tertiary alicyclic amines) is 1. The molecule has 2 aromatic heterocycles. The minimum absolute atomic E-state index is 0.0177. The van der Waals surface area contributed by atoms with E-state index in [1.165, 1.54) is 11.6 Å². The molecule has 1 N–H and O–H groups in total. The largest absolute Gasteiger partial charge is 0.474 e. The first-order valence-corrected chi connectivity index (χ1v) is 7.83. The summed E-state index contributed by atoms with van der Waals surface area (Å²) in [6, 6.07) is 2.28. The van der Waals surface area contributed by atoms with Crippen molar-refractivity contribution in [1.82, 2.24) is 20.1 Å². The van der Waals surface area contributed by atoms with Crippen LogP contribution in [0.4, 0.5) is 13.2 Å². The van der Waals surface area contributed by atoms with Gasteiger partial charge in [0, 0.05) is 43.2 Å². The highest BCUT2D eigenvalue weighted by atomic mass is 19.4. The average Bonchev–Trinajstić information content (AvgIpc) is 2.94. The van der Waals surface area contributed by atoms with Crippen LogP contribution in [0, 0.1) is 6.92 Å². The zero-order chi connectivity index (χ0) is 17.2. The summed E-state index contributed by atoms with van der Waals surface area (Å²) < 4.78 is 43.2. The molecule has 1 saturated heterocycles. The first kappa shape index (κ1) is 16.8. The van der Waals surface area contributed by atoms with E-state index in [4.69, 9.17) is 4.74 Å². The minimum atomic E-state index is -4.37. The fourth-order valence-corrected chi connectivity index (χ4v) is 2.75. The molecule has 1 fully saturated rings. The van der Waals surface area contributed by atoms with E-state index in [0.29, 0.717) is 0 Å². The lowest BCUT2D eigenvalue weighted by atomic mass is 10.1. The molecule has 0 unspecified atom stereocenters. The molecule has 3 heterocycles. The van der Waals surface area contributed by atoms with Gasteiger partial charge in [0.1, 0.15) is 6.10 Å². The molecular weight excluding hydrogens is 321 g/mol. The third-order valence-electron chi connectivity index (χ3n) is 4.21. The lowest BCUT2D eigenvalue weighted by Crippen LogP contribution is -2.38. The Morgan fingerprint density at radius 2 is 2.00 bits per heavy atom. The van der Waals surface area contributed by atoms with E-state index in [1.807, 2.05) is 13.1 Å². The van der Waals surface area contributed by atoms with Crippen LogP contribution >= 0.6 is 0 Å². The summed E-state index contributed by atoms with van der Waals surface area (Å²) in [5.74, 6) is 0.243. The molecule has 0 bridgehead atoms. The van der Waals surface area contributed by atoms with Crippen LogP contribution in [0.1, 0.15) is 29.7 Å². The van der Waals surface area contributed by atoms with Gasteiger partial charge in [0.05, 0.1) is 11.8 Å². The number of hydrogen-bond donors (Lipinski definition) is 1. The average molecular weight is 340 g/mol. The summed E-state index contributed by atoms with van der Waals surface area (Å²) in [7, 11) is 0. The number of aryl methyl sites for hydroxylation is 1. The maximum absolute atomic E-state index is 12.5. The summed E-state index contributed by atoms with van der Waals surface area (Å²) in [4.78, 5) is 6.08. The molecule has 130 valence electrons. The molecule has 0 spiro atoms. The second-order valence-corrected chi connectivity index (χ2v) is 6.00. The van der Waals surface area contributed by atoms with Gasteiger partial charge < -0.3 is 4.74 Å². The normalized spacial score (nSPS) is 17.2. The number of nitrogens with one attached hydrogen (secondary N) is 1. The first-order valence-electron chi connectivity index (χ1n) is 7.83. The zero-order valence-electron chi connectivity index (χ0n) is 13.3. The standard InChI is InChI=1S/C16H19F3N4O/c1-11-12(8-21-22-11)10-23-6-4-14(5-7-23)24-15-3-2-13(9-20-15)16(17,18)19/h2-3,8-9,14H,4-7,10H2,1H3,(H,21,22). The Bertz CT molecular complexity index is 661. The predicted molar refractivity (Wildman–Crippen MR) is 81.5 cm³/mol. The summed E-state index contributed by atoms with van der Waals surface area (Å²) in [6.07, 6.45) is -0.103. The Kier molecular flexibility index (Phi) is 4.75. The highest BCUT2D eigenvalue weighted by molar-refractivity contribution is 5.20. The number of rotatable bonds is 4. The SMILES string of the molecule is Cc1[nH]ncc1CN1CCC(Oc2ccc(C(F)(F)F)cn2)CC1. The van der Waals surface area contributed by atoms with Crippen LogP contribution < -0.4 is 4.74 Å². The van der Waals surface area contributed by atoms with Crippen LogP contribution in [0.25, 0.3) is 0 Å². The monoisotopic (exact) mass is 340 g/mol. The van der Waals surface area contributed by atoms with Gasteiger partial charge >= 0.3 is 6.18 Å². The van der Waals surface area contributed by atoms with Crippen LogP contribution in [0.5, 0.6) is 5.88 Å². The Balaban J connectivity index is 1.49. The third kappa shape index (κ3) is 4.05. The Morgan fingerprint density at radius 3 is 2.54 bits per heavy atom. The number of halogens is 3. The van der Waals surface area contributed by atoms with Crippen LogP contribution in [0.2, 0.25) is 0 Å². The van der Waals surface area contributed by atoms with Crippen molar-refractivity contribution < 1.29 is 17.9 Å². The van der Waals surface area contributed by atoms with Crippen LogP contribution in [0.3, 0.4) is 0 Å². The van der Waals surface area contributed by atoms with Crippen molar-refractivity contribution >= 4 is 0 Å². The van der Waals surface area contributed by atoms with Crippen molar-refractivity contribution in [2.45, 2.75) is 38.6 Å². The van der Waals surface area contributed by atoms with Crippen LogP contribution in [-0.2, 0) is 12.7 Å². The van der Waals surface area contributed by atoms with Gasteiger partial charge in [0.15, 0.2) is 0 Å². The smallest absolute Gasteiger partial charge is 0.417 e. The number of H-pyrrole nitrogens is 1. The van der Waals surface area contributed by atoms with E-state index >= 15 is 0 Å². The minimum Gasteiger partial charge on any atom is -0.474 e. The highest BCUT2D eigenvalue weighted by Crippen LogP contribution is 2.29. The van der Waals surface area contributed by atoms with Gasteiger partial charge in [-0.05, 0) is 25.8 Å². The maximum atomic E-state index is 12.5. The summed E-state index contributed by atoms with van der Waals surface area (Å²) in [5.41, 5.74) is 1.49.